The van der Waals surface area contributed by atoms with Gasteiger partial charge in [0.25, 0.3) is 0 Å². The zero-order valence-corrected chi connectivity index (χ0v) is 14.8. The molecule has 0 bridgehead atoms. The van der Waals surface area contributed by atoms with Gasteiger partial charge in [0.05, 0.1) is 0 Å². The first-order valence-corrected chi connectivity index (χ1v) is 7.83. The number of benzene rings is 1. The van der Waals surface area contributed by atoms with Crippen molar-refractivity contribution < 1.29 is 0 Å². The van der Waals surface area contributed by atoms with Crippen LogP contribution in [0.25, 0.3) is 0 Å². The predicted octanol–water partition coefficient (Wildman–Crippen LogP) is 4.63. The summed E-state index contributed by atoms with van der Waals surface area (Å²) in [6, 6.07) is 8.32. The minimum Gasteiger partial charge on any atom is -0.375 e. The molecule has 1 unspecified atom stereocenters. The van der Waals surface area contributed by atoms with Crippen molar-refractivity contribution in [2.75, 3.05) is 12.8 Å². The first-order chi connectivity index (χ1) is 9.49. The Bertz CT molecular complexity index is 572. The van der Waals surface area contributed by atoms with Gasteiger partial charge in [-0.1, -0.05) is 43.6 Å². The van der Waals surface area contributed by atoms with Gasteiger partial charge in [0, 0.05) is 28.7 Å². The van der Waals surface area contributed by atoms with Crippen LogP contribution in [-0.4, -0.2) is 16.9 Å². The van der Waals surface area contributed by atoms with E-state index in [0.29, 0.717) is 11.0 Å². The smallest absolute Gasteiger partial charge is 0.180 e. The average molecular weight is 346 g/mol. The van der Waals surface area contributed by atoms with Gasteiger partial charge < -0.3 is 5.73 Å². The largest absolute Gasteiger partial charge is 0.375 e. The standard InChI is InChI=1S/C15H20ClN3S.ClH/c1-10(2)14(12-6-4-5-7-13(12)16)19(3)9-11-8-18-15(17)20-11;/h4-8,10,14H,9H2,1-3H3,(H2,17,18);1H. The maximum absolute atomic E-state index is 6.36. The van der Waals surface area contributed by atoms with Gasteiger partial charge in [0.15, 0.2) is 5.13 Å². The van der Waals surface area contributed by atoms with Crippen LogP contribution in [0.5, 0.6) is 0 Å². The average Bonchev–Trinajstić information content (AvgIpc) is 2.77. The topological polar surface area (TPSA) is 42.2 Å². The van der Waals surface area contributed by atoms with Gasteiger partial charge in [-0.2, -0.15) is 0 Å². The van der Waals surface area contributed by atoms with E-state index in [1.54, 1.807) is 0 Å². The molecule has 0 aliphatic carbocycles. The summed E-state index contributed by atoms with van der Waals surface area (Å²) >= 11 is 7.89. The molecule has 0 fully saturated rings. The maximum atomic E-state index is 6.36. The van der Waals surface area contributed by atoms with Crippen molar-refractivity contribution in [1.29, 1.82) is 0 Å². The highest BCUT2D eigenvalue weighted by Gasteiger charge is 2.23. The molecule has 3 nitrogen and oxygen atoms in total. The van der Waals surface area contributed by atoms with Crippen molar-refractivity contribution >= 4 is 40.5 Å². The van der Waals surface area contributed by atoms with Crippen molar-refractivity contribution in [3.8, 4) is 0 Å². The van der Waals surface area contributed by atoms with Gasteiger partial charge >= 0.3 is 0 Å². The van der Waals surface area contributed by atoms with Crippen LogP contribution in [-0.2, 0) is 6.54 Å². The van der Waals surface area contributed by atoms with Gasteiger partial charge in [-0.15, -0.1) is 23.7 Å². The number of anilines is 1. The van der Waals surface area contributed by atoms with Gasteiger partial charge in [0.1, 0.15) is 0 Å². The minimum absolute atomic E-state index is 0. The Morgan fingerprint density at radius 1 is 1.33 bits per heavy atom. The van der Waals surface area contributed by atoms with Crippen molar-refractivity contribution in [2.24, 2.45) is 5.92 Å². The van der Waals surface area contributed by atoms with Crippen molar-refractivity contribution in [3.63, 3.8) is 0 Å². The molecule has 0 spiro atoms. The highest BCUT2D eigenvalue weighted by Crippen LogP contribution is 2.33. The van der Waals surface area contributed by atoms with E-state index in [1.807, 2.05) is 24.4 Å². The number of hydrogen-bond acceptors (Lipinski definition) is 4. The Hall–Kier alpha value is -0.810. The third kappa shape index (κ3) is 4.58. The van der Waals surface area contributed by atoms with E-state index >= 15 is 0 Å². The zero-order chi connectivity index (χ0) is 14.7. The number of thiazole rings is 1. The first-order valence-electron chi connectivity index (χ1n) is 6.64. The molecule has 1 aromatic heterocycles. The van der Waals surface area contributed by atoms with E-state index in [0.717, 1.165) is 11.6 Å². The molecular formula is C15H21Cl2N3S. The monoisotopic (exact) mass is 345 g/mol. The van der Waals surface area contributed by atoms with Crippen LogP contribution in [0, 0.1) is 5.92 Å². The molecule has 0 aliphatic heterocycles. The molecule has 2 aromatic rings. The number of hydrogen-bond donors (Lipinski definition) is 1. The molecule has 116 valence electrons. The summed E-state index contributed by atoms with van der Waals surface area (Å²) in [7, 11) is 2.11. The Kier molecular flexibility index (Phi) is 6.94. The third-order valence-corrected chi connectivity index (χ3v) is 4.46. The van der Waals surface area contributed by atoms with Crippen LogP contribution in [0.4, 0.5) is 5.13 Å². The molecule has 6 heteroatoms. The lowest BCUT2D eigenvalue weighted by molar-refractivity contribution is 0.187. The number of halogens is 2. The third-order valence-electron chi connectivity index (χ3n) is 3.31. The number of nitrogens with zero attached hydrogens (tertiary/aromatic N) is 2. The number of nitrogens with two attached hydrogens (primary N) is 1. The van der Waals surface area contributed by atoms with Gasteiger partial charge in [0.2, 0.25) is 0 Å². The second-order valence-corrected chi connectivity index (χ2v) is 6.84. The van der Waals surface area contributed by atoms with E-state index in [4.69, 9.17) is 17.3 Å². The Labute approximate surface area is 141 Å². The summed E-state index contributed by atoms with van der Waals surface area (Å²) in [4.78, 5) is 7.58. The predicted molar refractivity (Wildman–Crippen MR) is 94.3 cm³/mol. The molecule has 0 radical (unpaired) electrons. The Balaban J connectivity index is 0.00000220. The molecule has 0 aliphatic rings. The van der Waals surface area contributed by atoms with Gasteiger partial charge in [-0.25, -0.2) is 4.98 Å². The van der Waals surface area contributed by atoms with Gasteiger partial charge in [-0.05, 0) is 24.6 Å². The highest BCUT2D eigenvalue weighted by atomic mass is 35.5. The molecule has 2 N–H and O–H groups in total. The van der Waals surface area contributed by atoms with Crippen molar-refractivity contribution in [2.45, 2.75) is 26.4 Å². The van der Waals surface area contributed by atoms with Crippen LogP contribution in [0.1, 0.15) is 30.3 Å². The number of aromatic nitrogens is 1. The fraction of sp³-hybridized carbons (Fsp3) is 0.400. The lowest BCUT2D eigenvalue weighted by atomic mass is 9.94. The molecule has 1 atom stereocenters. The molecule has 21 heavy (non-hydrogen) atoms. The van der Waals surface area contributed by atoms with Crippen LogP contribution >= 0.6 is 35.3 Å². The molecule has 2 rings (SSSR count). The number of nitrogen functional groups attached to an aromatic ring is 1. The summed E-state index contributed by atoms with van der Waals surface area (Å²) in [5, 5.41) is 1.44. The molecule has 1 heterocycles. The fourth-order valence-corrected chi connectivity index (χ4v) is 3.56. The molecule has 0 saturated carbocycles. The van der Waals surface area contributed by atoms with E-state index < -0.39 is 0 Å². The van der Waals surface area contributed by atoms with E-state index in [2.05, 4.69) is 36.8 Å². The summed E-state index contributed by atoms with van der Waals surface area (Å²) in [6.07, 6.45) is 1.85. The van der Waals surface area contributed by atoms with Crippen LogP contribution in [0.2, 0.25) is 5.02 Å². The van der Waals surface area contributed by atoms with E-state index in [9.17, 15) is 0 Å². The lowest BCUT2D eigenvalue weighted by Crippen LogP contribution is -2.28. The maximum Gasteiger partial charge on any atom is 0.180 e. The van der Waals surface area contributed by atoms with E-state index in [-0.39, 0.29) is 18.4 Å². The second-order valence-electron chi connectivity index (χ2n) is 5.29. The molecule has 1 aromatic carbocycles. The Morgan fingerprint density at radius 2 is 2.00 bits per heavy atom. The van der Waals surface area contributed by atoms with Gasteiger partial charge in [-0.3, -0.25) is 4.90 Å². The lowest BCUT2D eigenvalue weighted by Gasteiger charge is -2.32. The second kappa shape index (κ2) is 7.99. The van der Waals surface area contributed by atoms with E-state index in [1.165, 1.54) is 21.8 Å². The Morgan fingerprint density at radius 3 is 2.52 bits per heavy atom. The van der Waals surface area contributed by atoms with Crippen LogP contribution < -0.4 is 5.73 Å². The van der Waals surface area contributed by atoms with Crippen LogP contribution in [0.15, 0.2) is 30.5 Å². The van der Waals surface area contributed by atoms with Crippen molar-refractivity contribution in [3.05, 3.63) is 45.9 Å². The minimum atomic E-state index is 0. The quantitative estimate of drug-likeness (QED) is 0.858. The normalized spacial score (nSPS) is 12.5. The summed E-state index contributed by atoms with van der Waals surface area (Å²) in [5.41, 5.74) is 6.86. The molecular weight excluding hydrogens is 325 g/mol. The number of rotatable bonds is 5. The van der Waals surface area contributed by atoms with Crippen molar-refractivity contribution in [1.82, 2.24) is 9.88 Å². The zero-order valence-electron chi connectivity index (χ0n) is 12.4. The van der Waals surface area contributed by atoms with Crippen LogP contribution in [0.3, 0.4) is 0 Å². The molecule has 0 amide bonds. The SMILES string of the molecule is CC(C)C(c1ccccc1Cl)N(C)Cc1cnc(N)s1.Cl. The molecule has 0 saturated heterocycles. The fourth-order valence-electron chi connectivity index (χ4n) is 2.56. The highest BCUT2D eigenvalue weighted by molar-refractivity contribution is 7.15. The summed E-state index contributed by atoms with van der Waals surface area (Å²) in [6.45, 7) is 5.25. The first kappa shape index (κ1) is 18.2. The summed E-state index contributed by atoms with van der Waals surface area (Å²) in [5.74, 6) is 0.463. The summed E-state index contributed by atoms with van der Waals surface area (Å²) < 4.78 is 0.